The number of nitrogens with one attached hydrogen (secondary N) is 1. The first-order valence-electron chi connectivity index (χ1n) is 8.40. The zero-order valence-electron chi connectivity index (χ0n) is 15.4. The predicted octanol–water partition coefficient (Wildman–Crippen LogP) is 3.40. The number of rotatable bonds is 8. The number of hydrogen-bond donors (Lipinski definition) is 2. The van der Waals surface area contributed by atoms with Crippen molar-refractivity contribution < 1.29 is 23.5 Å². The van der Waals surface area contributed by atoms with Crippen molar-refractivity contribution in [3.63, 3.8) is 0 Å². The van der Waals surface area contributed by atoms with Crippen molar-refractivity contribution in [1.82, 2.24) is 0 Å². The zero-order chi connectivity index (χ0) is 21.4. The van der Waals surface area contributed by atoms with Crippen molar-refractivity contribution in [2.75, 3.05) is 18.5 Å². The average Bonchev–Trinajstić information content (AvgIpc) is 2.67. The van der Waals surface area contributed by atoms with E-state index in [0.29, 0.717) is 22.4 Å². The van der Waals surface area contributed by atoms with E-state index in [1.165, 1.54) is 30.3 Å². The summed E-state index contributed by atoms with van der Waals surface area (Å²) < 4.78 is 25.0. The van der Waals surface area contributed by atoms with Crippen LogP contribution in [-0.2, 0) is 9.59 Å². The van der Waals surface area contributed by atoms with Gasteiger partial charge < -0.3 is 20.5 Å². The standard InChI is InChI=1S/C20H17BrFN3O4/c1-2-28-17-9-12(8-14(21)19(17)29-11-18(24)26)7-13(10-23)20(27)25-16-6-4-3-5-15(16)22/h3-9H,2,11H2,1H3,(H2,24,26)(H,25,27)/b13-7+. The summed E-state index contributed by atoms with van der Waals surface area (Å²) in [5.74, 6) is -1.48. The Labute approximate surface area is 175 Å². The molecule has 9 heteroatoms. The highest BCUT2D eigenvalue weighted by molar-refractivity contribution is 9.10. The van der Waals surface area contributed by atoms with E-state index in [0.717, 1.165) is 0 Å². The largest absolute Gasteiger partial charge is 0.490 e. The Kier molecular flexibility index (Phi) is 7.74. The molecule has 3 N–H and O–H groups in total. The van der Waals surface area contributed by atoms with Crippen LogP contribution in [0.3, 0.4) is 0 Å². The minimum absolute atomic E-state index is 0.0370. The van der Waals surface area contributed by atoms with Crippen molar-refractivity contribution in [2.24, 2.45) is 5.73 Å². The fourth-order valence-electron chi connectivity index (χ4n) is 2.29. The molecule has 0 fully saturated rings. The number of amides is 2. The van der Waals surface area contributed by atoms with Crippen LogP contribution in [0.5, 0.6) is 11.5 Å². The van der Waals surface area contributed by atoms with Gasteiger partial charge in [-0.2, -0.15) is 5.26 Å². The molecular formula is C20H17BrFN3O4. The summed E-state index contributed by atoms with van der Waals surface area (Å²) in [6.45, 7) is 1.73. The molecule has 0 aliphatic heterocycles. The van der Waals surface area contributed by atoms with Crippen LogP contribution in [0.15, 0.2) is 46.4 Å². The molecule has 2 aromatic rings. The van der Waals surface area contributed by atoms with Gasteiger partial charge >= 0.3 is 0 Å². The fraction of sp³-hybridized carbons (Fsp3) is 0.150. The van der Waals surface area contributed by atoms with E-state index in [9.17, 15) is 19.2 Å². The maximum absolute atomic E-state index is 13.7. The molecule has 0 bridgehead atoms. The Morgan fingerprint density at radius 2 is 2.03 bits per heavy atom. The van der Waals surface area contributed by atoms with E-state index in [1.807, 2.05) is 0 Å². The van der Waals surface area contributed by atoms with E-state index in [2.05, 4.69) is 21.2 Å². The van der Waals surface area contributed by atoms with Crippen LogP contribution >= 0.6 is 15.9 Å². The molecule has 0 unspecified atom stereocenters. The molecule has 0 atom stereocenters. The molecule has 0 radical (unpaired) electrons. The number of carbonyl (C=O) groups excluding carboxylic acids is 2. The lowest BCUT2D eigenvalue weighted by Crippen LogP contribution is -2.20. The van der Waals surface area contributed by atoms with Gasteiger partial charge in [0.25, 0.3) is 11.8 Å². The molecule has 0 spiro atoms. The second-order valence-corrected chi connectivity index (χ2v) is 6.48. The minimum Gasteiger partial charge on any atom is -0.490 e. The third-order valence-corrected chi connectivity index (χ3v) is 4.08. The quantitative estimate of drug-likeness (QED) is 0.461. The molecule has 0 aliphatic carbocycles. The van der Waals surface area contributed by atoms with Gasteiger partial charge in [0, 0.05) is 0 Å². The van der Waals surface area contributed by atoms with Crippen LogP contribution in [0.1, 0.15) is 12.5 Å². The Hall–Kier alpha value is -3.38. The molecule has 29 heavy (non-hydrogen) atoms. The minimum atomic E-state index is -0.763. The summed E-state index contributed by atoms with van der Waals surface area (Å²) in [4.78, 5) is 23.3. The second kappa shape index (κ2) is 10.2. The van der Waals surface area contributed by atoms with E-state index in [-0.39, 0.29) is 23.6 Å². The molecule has 2 rings (SSSR count). The Balaban J connectivity index is 2.34. The van der Waals surface area contributed by atoms with Gasteiger partial charge in [0.1, 0.15) is 17.5 Å². The number of nitriles is 1. The lowest BCUT2D eigenvalue weighted by atomic mass is 10.1. The first-order valence-corrected chi connectivity index (χ1v) is 9.20. The van der Waals surface area contributed by atoms with Crippen molar-refractivity contribution in [2.45, 2.75) is 6.92 Å². The monoisotopic (exact) mass is 461 g/mol. The molecule has 0 saturated heterocycles. The smallest absolute Gasteiger partial charge is 0.266 e. The van der Waals surface area contributed by atoms with Crippen LogP contribution in [0.25, 0.3) is 6.08 Å². The summed E-state index contributed by atoms with van der Waals surface area (Å²) in [6, 6.07) is 10.5. The lowest BCUT2D eigenvalue weighted by Gasteiger charge is -2.14. The Morgan fingerprint density at radius 1 is 1.31 bits per heavy atom. The third kappa shape index (κ3) is 6.05. The number of carbonyl (C=O) groups is 2. The fourth-order valence-corrected chi connectivity index (χ4v) is 2.86. The SMILES string of the molecule is CCOc1cc(/C=C(\C#N)C(=O)Nc2ccccc2F)cc(Br)c1OCC(N)=O. The number of ether oxygens (including phenoxy) is 2. The van der Waals surface area contributed by atoms with Gasteiger partial charge in [-0.05, 0) is 58.8 Å². The molecule has 2 amide bonds. The number of benzene rings is 2. The molecular weight excluding hydrogens is 445 g/mol. The van der Waals surface area contributed by atoms with Gasteiger partial charge in [0.15, 0.2) is 18.1 Å². The number of para-hydroxylation sites is 1. The topological polar surface area (TPSA) is 114 Å². The Morgan fingerprint density at radius 3 is 2.66 bits per heavy atom. The molecule has 7 nitrogen and oxygen atoms in total. The van der Waals surface area contributed by atoms with Gasteiger partial charge in [0.2, 0.25) is 0 Å². The summed E-state index contributed by atoms with van der Waals surface area (Å²) in [6.07, 6.45) is 1.32. The number of nitrogens with zero attached hydrogens (tertiary/aromatic N) is 1. The number of primary amides is 1. The molecule has 2 aromatic carbocycles. The zero-order valence-corrected chi connectivity index (χ0v) is 17.0. The Bertz CT molecular complexity index is 1000. The van der Waals surface area contributed by atoms with E-state index in [4.69, 9.17) is 15.2 Å². The average molecular weight is 462 g/mol. The van der Waals surface area contributed by atoms with Crippen molar-refractivity contribution in [3.8, 4) is 17.6 Å². The molecule has 0 aliphatic rings. The summed E-state index contributed by atoms with van der Waals surface area (Å²) in [7, 11) is 0. The van der Waals surface area contributed by atoms with Gasteiger partial charge in [0.05, 0.1) is 16.8 Å². The highest BCUT2D eigenvalue weighted by Gasteiger charge is 2.16. The van der Waals surface area contributed by atoms with Gasteiger partial charge in [-0.3, -0.25) is 9.59 Å². The molecule has 0 saturated carbocycles. The molecule has 0 heterocycles. The molecule has 150 valence electrons. The summed E-state index contributed by atoms with van der Waals surface area (Å²) >= 11 is 3.31. The van der Waals surface area contributed by atoms with Crippen LogP contribution in [-0.4, -0.2) is 25.0 Å². The third-order valence-electron chi connectivity index (χ3n) is 3.49. The maximum atomic E-state index is 13.7. The van der Waals surface area contributed by atoms with Crippen molar-refractivity contribution >= 4 is 39.5 Å². The van der Waals surface area contributed by atoms with Gasteiger partial charge in [-0.15, -0.1) is 0 Å². The summed E-state index contributed by atoms with van der Waals surface area (Å²) in [5, 5.41) is 11.7. The summed E-state index contributed by atoms with van der Waals surface area (Å²) in [5.41, 5.74) is 5.27. The second-order valence-electron chi connectivity index (χ2n) is 5.62. The van der Waals surface area contributed by atoms with Crippen molar-refractivity contribution in [1.29, 1.82) is 5.26 Å². The van der Waals surface area contributed by atoms with E-state index < -0.39 is 17.6 Å². The number of anilines is 1. The predicted molar refractivity (Wildman–Crippen MR) is 109 cm³/mol. The van der Waals surface area contributed by atoms with Gasteiger partial charge in [-0.1, -0.05) is 12.1 Å². The van der Waals surface area contributed by atoms with Crippen LogP contribution in [0.4, 0.5) is 10.1 Å². The van der Waals surface area contributed by atoms with Gasteiger partial charge in [-0.25, -0.2) is 4.39 Å². The first kappa shape index (κ1) is 21.9. The molecule has 0 aromatic heterocycles. The highest BCUT2D eigenvalue weighted by Crippen LogP contribution is 2.37. The number of nitrogens with two attached hydrogens (primary N) is 1. The normalized spacial score (nSPS) is 10.8. The van der Waals surface area contributed by atoms with Crippen LogP contribution in [0, 0.1) is 17.1 Å². The van der Waals surface area contributed by atoms with Crippen molar-refractivity contribution in [3.05, 3.63) is 57.8 Å². The van der Waals surface area contributed by atoms with E-state index in [1.54, 1.807) is 25.1 Å². The van der Waals surface area contributed by atoms with Crippen LogP contribution < -0.4 is 20.5 Å². The highest BCUT2D eigenvalue weighted by atomic mass is 79.9. The first-order chi connectivity index (χ1) is 13.8. The van der Waals surface area contributed by atoms with Crippen LogP contribution in [0.2, 0.25) is 0 Å². The number of halogens is 2. The number of hydrogen-bond acceptors (Lipinski definition) is 5. The van der Waals surface area contributed by atoms with E-state index >= 15 is 0 Å². The lowest BCUT2D eigenvalue weighted by molar-refractivity contribution is -0.120. The maximum Gasteiger partial charge on any atom is 0.266 e.